The summed E-state index contributed by atoms with van der Waals surface area (Å²) in [5.74, 6) is 1.60. The predicted octanol–water partition coefficient (Wildman–Crippen LogP) is 8.25. The van der Waals surface area contributed by atoms with Crippen molar-refractivity contribution in [2.45, 2.75) is 50.0 Å². The van der Waals surface area contributed by atoms with Crippen LogP contribution in [0, 0.1) is 12.3 Å². The number of nitrogens with one attached hydrogen (secondary N) is 1. The third-order valence-electron chi connectivity index (χ3n) is 8.95. The lowest BCUT2D eigenvalue weighted by atomic mass is 9.79. The number of terminal acetylenes is 1. The van der Waals surface area contributed by atoms with Crippen molar-refractivity contribution < 1.29 is 23.8 Å². The monoisotopic (exact) mass is 649 g/mol. The first-order valence-corrected chi connectivity index (χ1v) is 16.4. The third-order valence-corrected chi connectivity index (χ3v) is 8.95. The fourth-order valence-corrected chi connectivity index (χ4v) is 6.55. The molecule has 6 nitrogen and oxygen atoms in total. The van der Waals surface area contributed by atoms with E-state index in [0.717, 1.165) is 38.9 Å². The summed E-state index contributed by atoms with van der Waals surface area (Å²) in [5, 5.41) is 2.78. The fourth-order valence-electron chi connectivity index (χ4n) is 6.55. The van der Waals surface area contributed by atoms with Crippen LogP contribution in [0.15, 0.2) is 140 Å². The first-order chi connectivity index (χ1) is 23.7. The lowest BCUT2D eigenvalue weighted by Gasteiger charge is -2.40. The molecule has 1 N–H and O–H groups in total. The van der Waals surface area contributed by atoms with Crippen LogP contribution in [0.25, 0.3) is 11.1 Å². The Bertz CT molecular complexity index is 1810. The van der Waals surface area contributed by atoms with Gasteiger partial charge in [-0.05, 0) is 59.7 Å². The van der Waals surface area contributed by atoms with E-state index in [-0.39, 0.29) is 12.5 Å². The summed E-state index contributed by atoms with van der Waals surface area (Å²) in [6.45, 7) is 5.04. The lowest BCUT2D eigenvalue weighted by molar-refractivity contribution is -0.161. The molecule has 0 bridgehead atoms. The van der Waals surface area contributed by atoms with Crippen LogP contribution in [0.3, 0.4) is 0 Å². The number of hydrogen-bond acceptors (Lipinski definition) is 5. The van der Waals surface area contributed by atoms with Gasteiger partial charge in [0.1, 0.15) is 12.2 Å². The second kappa shape index (κ2) is 14.2. The number of rotatable bonds is 11. The minimum atomic E-state index is -1.28. The topological polar surface area (TPSA) is 73.9 Å². The summed E-state index contributed by atoms with van der Waals surface area (Å²) in [5.41, 5.74) is 4.54. The van der Waals surface area contributed by atoms with Gasteiger partial charge in [0, 0.05) is 5.92 Å². The molecule has 246 valence electrons. The van der Waals surface area contributed by atoms with Crippen molar-refractivity contribution in [3.8, 4) is 23.5 Å². The molecule has 0 unspecified atom stereocenters. The van der Waals surface area contributed by atoms with Gasteiger partial charge in [-0.25, -0.2) is 9.59 Å². The molecule has 49 heavy (non-hydrogen) atoms. The molecule has 1 aliphatic rings. The highest BCUT2D eigenvalue weighted by atomic mass is 16.6. The van der Waals surface area contributed by atoms with Gasteiger partial charge in [0.05, 0.1) is 6.10 Å². The first-order valence-electron chi connectivity index (χ1n) is 16.4. The highest BCUT2D eigenvalue weighted by Gasteiger charge is 2.43. The summed E-state index contributed by atoms with van der Waals surface area (Å²) >= 11 is 0. The Morgan fingerprint density at radius 2 is 1.14 bits per heavy atom. The summed E-state index contributed by atoms with van der Waals surface area (Å²) in [4.78, 5) is 27.5. The Hall–Kier alpha value is -5.64. The molecule has 0 aromatic heterocycles. The number of hydrogen-bond donors (Lipinski definition) is 1. The molecule has 6 heteroatoms. The molecule has 5 aromatic rings. The van der Waals surface area contributed by atoms with Gasteiger partial charge < -0.3 is 19.5 Å². The maximum atomic E-state index is 13.9. The minimum Gasteiger partial charge on any atom is -0.449 e. The zero-order valence-electron chi connectivity index (χ0n) is 27.8. The zero-order chi connectivity index (χ0) is 34.4. The Morgan fingerprint density at radius 1 is 0.714 bits per heavy atom. The van der Waals surface area contributed by atoms with E-state index >= 15 is 0 Å². The SMILES string of the molecule is C#CC(C)(C)OC(=O)[C@@H](NC(=O)OCC1c2ccccc2-c2ccccc21)[C@@H](C)OC(c1ccccc1)(c1ccccc1)c1ccccc1. The van der Waals surface area contributed by atoms with E-state index in [9.17, 15) is 9.59 Å². The molecule has 0 spiro atoms. The zero-order valence-corrected chi connectivity index (χ0v) is 27.8. The quantitative estimate of drug-likeness (QED) is 0.0887. The van der Waals surface area contributed by atoms with E-state index < -0.39 is 35.4 Å². The number of fused-ring (bicyclic) bond motifs is 3. The van der Waals surface area contributed by atoms with E-state index in [0.29, 0.717) is 0 Å². The summed E-state index contributed by atoms with van der Waals surface area (Å²) in [6.07, 6.45) is 3.98. The summed E-state index contributed by atoms with van der Waals surface area (Å²) < 4.78 is 18.7. The van der Waals surface area contributed by atoms with E-state index in [2.05, 4.69) is 35.5 Å². The number of carbonyl (C=O) groups excluding carboxylic acids is 2. The smallest absolute Gasteiger partial charge is 0.407 e. The van der Waals surface area contributed by atoms with Crippen molar-refractivity contribution in [2.75, 3.05) is 6.61 Å². The van der Waals surface area contributed by atoms with Crippen LogP contribution < -0.4 is 5.32 Å². The molecule has 0 saturated carbocycles. The van der Waals surface area contributed by atoms with Crippen LogP contribution in [0.4, 0.5) is 4.79 Å². The van der Waals surface area contributed by atoms with Crippen molar-refractivity contribution in [1.82, 2.24) is 5.32 Å². The van der Waals surface area contributed by atoms with Crippen molar-refractivity contribution in [3.05, 3.63) is 167 Å². The highest BCUT2D eigenvalue weighted by molar-refractivity contribution is 5.83. The van der Waals surface area contributed by atoms with Crippen LogP contribution in [-0.2, 0) is 24.6 Å². The molecule has 0 aliphatic heterocycles. The van der Waals surface area contributed by atoms with Gasteiger partial charge in [0.15, 0.2) is 11.6 Å². The molecule has 0 radical (unpaired) electrons. The molecular weight excluding hydrogens is 610 g/mol. The highest BCUT2D eigenvalue weighted by Crippen LogP contribution is 2.45. The van der Waals surface area contributed by atoms with Gasteiger partial charge in [-0.3, -0.25) is 0 Å². The molecular formula is C43H39NO5. The standard InChI is InChI=1S/C43H39NO5/c1-5-42(3,4)49-40(45)39(44-41(46)47-29-38-36-27-17-15-25-34(36)35-26-16-18-28-37(35)38)30(2)48-43(31-19-9-6-10-20-31,32-21-11-7-12-22-32)33-23-13-8-14-24-33/h1,6-28,30,38-39H,29H2,2-4H3,(H,44,46)/t30-,39+/m1/s1. The van der Waals surface area contributed by atoms with Crippen molar-refractivity contribution >= 4 is 12.1 Å². The second-order valence-electron chi connectivity index (χ2n) is 12.6. The van der Waals surface area contributed by atoms with Gasteiger partial charge >= 0.3 is 12.1 Å². The number of benzene rings is 5. The Morgan fingerprint density at radius 3 is 1.59 bits per heavy atom. The summed E-state index contributed by atoms with van der Waals surface area (Å²) in [6, 6.07) is 44.3. The van der Waals surface area contributed by atoms with Crippen molar-refractivity contribution in [1.29, 1.82) is 0 Å². The Kier molecular flexibility index (Phi) is 9.66. The van der Waals surface area contributed by atoms with Gasteiger partial charge in [-0.15, -0.1) is 6.42 Å². The van der Waals surface area contributed by atoms with Crippen LogP contribution in [0.1, 0.15) is 54.5 Å². The number of ether oxygens (including phenoxy) is 3. The molecule has 5 aromatic carbocycles. The van der Waals surface area contributed by atoms with E-state index in [1.807, 2.05) is 115 Å². The van der Waals surface area contributed by atoms with E-state index in [4.69, 9.17) is 20.6 Å². The first kappa shape index (κ1) is 33.3. The Labute approximate surface area is 288 Å². The molecule has 1 aliphatic carbocycles. The average molecular weight is 650 g/mol. The Balaban J connectivity index is 1.33. The molecule has 0 fully saturated rings. The number of amides is 1. The molecule has 1 amide bonds. The van der Waals surface area contributed by atoms with Gasteiger partial charge in [0.2, 0.25) is 0 Å². The van der Waals surface area contributed by atoms with Crippen molar-refractivity contribution in [3.63, 3.8) is 0 Å². The maximum absolute atomic E-state index is 13.9. The minimum absolute atomic E-state index is 0.0781. The number of esters is 1. The third kappa shape index (κ3) is 6.85. The largest absolute Gasteiger partial charge is 0.449 e. The fraction of sp³-hybridized carbons (Fsp3) is 0.209. The molecule has 0 heterocycles. The van der Waals surface area contributed by atoms with Crippen LogP contribution >= 0.6 is 0 Å². The van der Waals surface area contributed by atoms with Crippen LogP contribution in [0.5, 0.6) is 0 Å². The second-order valence-corrected chi connectivity index (χ2v) is 12.6. The molecule has 2 atom stereocenters. The number of carbonyl (C=O) groups is 2. The summed E-state index contributed by atoms with van der Waals surface area (Å²) in [7, 11) is 0. The molecule has 0 saturated heterocycles. The van der Waals surface area contributed by atoms with Crippen molar-refractivity contribution in [2.24, 2.45) is 0 Å². The maximum Gasteiger partial charge on any atom is 0.407 e. The van der Waals surface area contributed by atoms with Crippen LogP contribution in [-0.4, -0.2) is 36.4 Å². The van der Waals surface area contributed by atoms with Gasteiger partial charge in [-0.1, -0.05) is 145 Å². The lowest BCUT2D eigenvalue weighted by Crippen LogP contribution is -2.53. The van der Waals surface area contributed by atoms with Gasteiger partial charge in [-0.2, -0.15) is 0 Å². The normalized spacial score (nSPS) is 13.7. The van der Waals surface area contributed by atoms with Crippen LogP contribution in [0.2, 0.25) is 0 Å². The van der Waals surface area contributed by atoms with Gasteiger partial charge in [0.25, 0.3) is 0 Å². The van der Waals surface area contributed by atoms with E-state index in [1.54, 1.807) is 20.8 Å². The number of alkyl carbamates (subject to hydrolysis) is 1. The average Bonchev–Trinajstić information content (AvgIpc) is 3.46. The molecule has 6 rings (SSSR count). The van der Waals surface area contributed by atoms with E-state index in [1.165, 1.54) is 0 Å². The predicted molar refractivity (Wildman–Crippen MR) is 191 cm³/mol.